The Morgan fingerprint density at radius 2 is 1.86 bits per heavy atom. The highest BCUT2D eigenvalue weighted by Gasteiger charge is 2.69. The van der Waals surface area contributed by atoms with E-state index in [4.69, 9.17) is 27.9 Å². The van der Waals surface area contributed by atoms with Gasteiger partial charge in [0.2, 0.25) is 5.91 Å². The molecule has 0 spiro atoms. The molecule has 4 fully saturated rings. The molecule has 2 bridgehead atoms. The van der Waals surface area contributed by atoms with Crippen molar-refractivity contribution >= 4 is 35.0 Å². The molecular formula is C19H24Cl2N4O3. The summed E-state index contributed by atoms with van der Waals surface area (Å²) in [6.45, 7) is 3.47. The van der Waals surface area contributed by atoms with Crippen LogP contribution in [0.1, 0.15) is 26.2 Å². The lowest BCUT2D eigenvalue weighted by Crippen LogP contribution is -2.84. The molecule has 152 valence electrons. The Balaban J connectivity index is 1.20. The first kappa shape index (κ1) is 19.8. The summed E-state index contributed by atoms with van der Waals surface area (Å²) in [6, 6.07) is 4.95. The van der Waals surface area contributed by atoms with Gasteiger partial charge in [-0.15, -0.1) is 0 Å². The first-order chi connectivity index (χ1) is 13.3. The minimum atomic E-state index is -0.211. The number of carbonyl (C=O) groups is 2. The van der Waals surface area contributed by atoms with Gasteiger partial charge >= 0.3 is 0 Å². The number of rotatable bonds is 6. The molecule has 1 aliphatic heterocycles. The SMILES string of the molecule is CC1CNCC(C(=O)NC23CC(NC(=O)COc4ccc(Cl)c(Cl)c4)(C2)C3)N1. The van der Waals surface area contributed by atoms with E-state index < -0.39 is 0 Å². The first-order valence-corrected chi connectivity index (χ1v) is 10.2. The summed E-state index contributed by atoms with van der Waals surface area (Å²) in [5, 5.41) is 13.6. The van der Waals surface area contributed by atoms with Crippen molar-refractivity contribution in [1.82, 2.24) is 21.3 Å². The second kappa shape index (κ2) is 7.37. The number of ether oxygens (including phenoxy) is 1. The van der Waals surface area contributed by atoms with E-state index in [1.165, 1.54) is 0 Å². The molecule has 9 heteroatoms. The van der Waals surface area contributed by atoms with Crippen LogP contribution in [-0.2, 0) is 9.59 Å². The van der Waals surface area contributed by atoms with Crippen LogP contribution in [-0.4, -0.2) is 54.7 Å². The van der Waals surface area contributed by atoms with E-state index in [1.807, 2.05) is 0 Å². The number of nitrogens with one attached hydrogen (secondary N) is 4. The third kappa shape index (κ3) is 3.94. The number of hydrogen-bond donors (Lipinski definition) is 4. The van der Waals surface area contributed by atoms with Crippen LogP contribution in [0.15, 0.2) is 18.2 Å². The molecule has 7 nitrogen and oxygen atoms in total. The molecule has 1 heterocycles. The van der Waals surface area contributed by atoms with Crippen LogP contribution in [0.25, 0.3) is 0 Å². The van der Waals surface area contributed by atoms with E-state index in [0.717, 1.165) is 25.8 Å². The third-order valence-corrected chi connectivity index (χ3v) is 6.42. The summed E-state index contributed by atoms with van der Waals surface area (Å²) in [4.78, 5) is 24.7. The van der Waals surface area contributed by atoms with Crippen molar-refractivity contribution in [3.63, 3.8) is 0 Å². The van der Waals surface area contributed by atoms with E-state index in [2.05, 4.69) is 28.2 Å². The van der Waals surface area contributed by atoms with Crippen LogP contribution in [0.4, 0.5) is 0 Å². The molecule has 3 saturated carbocycles. The van der Waals surface area contributed by atoms with Gasteiger partial charge in [0.15, 0.2) is 6.61 Å². The number of halogens is 2. The van der Waals surface area contributed by atoms with Crippen molar-refractivity contribution in [2.24, 2.45) is 0 Å². The lowest BCUT2D eigenvalue weighted by atomic mass is 9.44. The van der Waals surface area contributed by atoms with Gasteiger partial charge in [0, 0.05) is 36.3 Å². The maximum Gasteiger partial charge on any atom is 0.258 e. The van der Waals surface area contributed by atoms with Crippen molar-refractivity contribution in [2.45, 2.75) is 49.3 Å². The maximum absolute atomic E-state index is 12.5. The van der Waals surface area contributed by atoms with Crippen molar-refractivity contribution in [3.8, 4) is 5.75 Å². The third-order valence-electron chi connectivity index (χ3n) is 5.69. The molecule has 4 N–H and O–H groups in total. The Bertz CT molecular complexity index is 784. The predicted octanol–water partition coefficient (Wildman–Crippen LogP) is 1.23. The van der Waals surface area contributed by atoms with Crippen LogP contribution < -0.4 is 26.0 Å². The van der Waals surface area contributed by atoms with Crippen molar-refractivity contribution in [1.29, 1.82) is 0 Å². The molecule has 1 saturated heterocycles. The van der Waals surface area contributed by atoms with Crippen LogP contribution in [0, 0.1) is 0 Å². The lowest BCUT2D eigenvalue weighted by Gasteiger charge is -2.70. The highest BCUT2D eigenvalue weighted by atomic mass is 35.5. The maximum atomic E-state index is 12.5. The van der Waals surface area contributed by atoms with Gasteiger partial charge in [-0.05, 0) is 38.3 Å². The molecule has 1 aromatic rings. The van der Waals surface area contributed by atoms with Crippen LogP contribution in [0.2, 0.25) is 10.0 Å². The average molecular weight is 427 g/mol. The highest BCUT2D eigenvalue weighted by molar-refractivity contribution is 6.42. The molecular weight excluding hydrogens is 403 g/mol. The fraction of sp³-hybridized carbons (Fsp3) is 0.579. The van der Waals surface area contributed by atoms with Gasteiger partial charge in [0.25, 0.3) is 5.91 Å². The van der Waals surface area contributed by atoms with Gasteiger partial charge in [-0.1, -0.05) is 23.2 Å². The van der Waals surface area contributed by atoms with Gasteiger partial charge in [0.05, 0.1) is 16.1 Å². The zero-order chi connectivity index (χ0) is 19.9. The minimum absolute atomic E-state index is 0.0293. The number of hydrogen-bond acceptors (Lipinski definition) is 5. The summed E-state index contributed by atoms with van der Waals surface area (Å²) in [6.07, 6.45) is 2.29. The molecule has 2 atom stereocenters. The van der Waals surface area contributed by atoms with E-state index in [0.29, 0.717) is 22.3 Å². The van der Waals surface area contributed by atoms with Crippen LogP contribution >= 0.6 is 23.2 Å². The normalized spacial score (nSPS) is 33.2. The van der Waals surface area contributed by atoms with Gasteiger partial charge in [-0.25, -0.2) is 0 Å². The summed E-state index contributed by atoms with van der Waals surface area (Å²) < 4.78 is 5.47. The van der Waals surface area contributed by atoms with Crippen molar-refractivity contribution < 1.29 is 14.3 Å². The average Bonchev–Trinajstić information content (AvgIpc) is 2.59. The standard InChI is InChI=1S/C19H24Cl2N4O3/c1-11-5-22-6-15(23-11)17(27)25-19-8-18(9-19,10-19)24-16(26)7-28-12-2-3-13(20)14(21)4-12/h2-4,11,15,22-23H,5-10H2,1H3,(H,24,26)(H,25,27). The Kier molecular flexibility index (Phi) is 5.20. The molecule has 2 unspecified atom stereocenters. The van der Waals surface area contributed by atoms with Gasteiger partial charge in [-0.3, -0.25) is 9.59 Å². The van der Waals surface area contributed by atoms with Crippen molar-refractivity contribution in [2.75, 3.05) is 19.7 Å². The molecule has 4 aliphatic rings. The van der Waals surface area contributed by atoms with Crippen molar-refractivity contribution in [3.05, 3.63) is 28.2 Å². The largest absolute Gasteiger partial charge is 0.484 e. The fourth-order valence-electron chi connectivity index (χ4n) is 4.52. The quantitative estimate of drug-likeness (QED) is 0.548. The first-order valence-electron chi connectivity index (χ1n) is 9.46. The monoisotopic (exact) mass is 426 g/mol. The second-order valence-electron chi connectivity index (χ2n) is 8.27. The van der Waals surface area contributed by atoms with E-state index in [-0.39, 0.29) is 41.6 Å². The topological polar surface area (TPSA) is 91.5 Å². The van der Waals surface area contributed by atoms with Gasteiger partial charge < -0.3 is 26.0 Å². The number of piperazine rings is 1. The van der Waals surface area contributed by atoms with E-state index in [1.54, 1.807) is 18.2 Å². The Morgan fingerprint density at radius 1 is 1.14 bits per heavy atom. The summed E-state index contributed by atoms with van der Waals surface area (Å²) in [5.41, 5.74) is -0.381. The summed E-state index contributed by atoms with van der Waals surface area (Å²) in [7, 11) is 0. The molecule has 2 amide bonds. The van der Waals surface area contributed by atoms with E-state index in [9.17, 15) is 9.59 Å². The minimum Gasteiger partial charge on any atom is -0.484 e. The number of amides is 2. The number of benzene rings is 1. The van der Waals surface area contributed by atoms with Gasteiger partial charge in [0.1, 0.15) is 5.75 Å². The molecule has 5 rings (SSSR count). The molecule has 3 aliphatic carbocycles. The molecule has 28 heavy (non-hydrogen) atoms. The highest BCUT2D eigenvalue weighted by Crippen LogP contribution is 2.60. The Morgan fingerprint density at radius 3 is 2.54 bits per heavy atom. The number of carbonyl (C=O) groups excluding carboxylic acids is 2. The molecule has 0 radical (unpaired) electrons. The molecule has 0 aromatic heterocycles. The van der Waals surface area contributed by atoms with E-state index >= 15 is 0 Å². The predicted molar refractivity (Wildman–Crippen MR) is 107 cm³/mol. The smallest absolute Gasteiger partial charge is 0.258 e. The van der Waals surface area contributed by atoms with Gasteiger partial charge in [-0.2, -0.15) is 0 Å². The zero-order valence-corrected chi connectivity index (χ0v) is 17.1. The lowest BCUT2D eigenvalue weighted by molar-refractivity contribution is -0.151. The second-order valence-corrected chi connectivity index (χ2v) is 9.09. The Hall–Kier alpha value is -1.54. The zero-order valence-electron chi connectivity index (χ0n) is 15.6. The summed E-state index contributed by atoms with van der Waals surface area (Å²) in [5.74, 6) is 0.341. The fourth-order valence-corrected chi connectivity index (χ4v) is 4.81. The Labute approximate surface area is 173 Å². The summed E-state index contributed by atoms with van der Waals surface area (Å²) >= 11 is 11.8. The van der Waals surface area contributed by atoms with Crippen LogP contribution in [0.5, 0.6) is 5.75 Å². The molecule has 1 aromatic carbocycles. The van der Waals surface area contributed by atoms with Crippen LogP contribution in [0.3, 0.4) is 0 Å².